The number of carbonyl (C=O) groups excluding carboxylic acids is 2. The fourth-order valence-corrected chi connectivity index (χ4v) is 5.09. The van der Waals surface area contributed by atoms with E-state index in [1.807, 2.05) is 49.4 Å². The number of nitrogens with zero attached hydrogens (tertiary/aromatic N) is 1. The van der Waals surface area contributed by atoms with E-state index >= 15 is 0 Å². The summed E-state index contributed by atoms with van der Waals surface area (Å²) in [5.41, 5.74) is 3.93. The Hall–Kier alpha value is -2.47. The zero-order chi connectivity index (χ0) is 24.5. The molecule has 0 saturated carbocycles. The lowest BCUT2D eigenvalue weighted by Crippen LogP contribution is -2.50. The van der Waals surface area contributed by atoms with E-state index in [0.29, 0.717) is 27.8 Å². The third-order valence-electron chi connectivity index (χ3n) is 5.48. The predicted octanol–water partition coefficient (Wildman–Crippen LogP) is 5.92. The molecule has 0 aliphatic rings. The van der Waals surface area contributed by atoms with Gasteiger partial charge in [0, 0.05) is 41.4 Å². The highest BCUT2D eigenvalue weighted by Crippen LogP contribution is 2.28. The summed E-state index contributed by atoms with van der Waals surface area (Å²) in [5.74, 6) is 0.567. The molecule has 178 valence electrons. The summed E-state index contributed by atoms with van der Waals surface area (Å²) in [4.78, 5) is 28.1. The van der Waals surface area contributed by atoms with Crippen LogP contribution in [0.2, 0.25) is 10.0 Å². The molecular formula is C27H28Cl2N2O2S. The van der Waals surface area contributed by atoms with Crippen LogP contribution in [0.5, 0.6) is 0 Å². The van der Waals surface area contributed by atoms with Crippen LogP contribution in [0.1, 0.15) is 22.3 Å². The number of nitrogens with one attached hydrogen (secondary N) is 1. The maximum absolute atomic E-state index is 13.5. The Morgan fingerprint density at radius 1 is 0.941 bits per heavy atom. The summed E-state index contributed by atoms with van der Waals surface area (Å²) in [5, 5.41) is 3.65. The zero-order valence-corrected chi connectivity index (χ0v) is 21.6. The first-order chi connectivity index (χ1) is 16.4. The van der Waals surface area contributed by atoms with E-state index in [1.54, 1.807) is 30.1 Å². The van der Waals surface area contributed by atoms with Crippen LogP contribution in [-0.4, -0.2) is 35.6 Å². The number of benzene rings is 3. The van der Waals surface area contributed by atoms with Crippen molar-refractivity contribution in [2.75, 3.05) is 12.8 Å². The Bertz CT molecular complexity index is 1100. The van der Waals surface area contributed by atoms with Gasteiger partial charge in [-0.15, -0.1) is 11.8 Å². The van der Waals surface area contributed by atoms with Gasteiger partial charge in [0.05, 0.1) is 5.75 Å². The molecule has 3 rings (SSSR count). The lowest BCUT2D eigenvalue weighted by molar-refractivity contribution is -0.139. The third kappa shape index (κ3) is 7.26. The molecule has 3 aromatic rings. The summed E-state index contributed by atoms with van der Waals surface area (Å²) >= 11 is 14.4. The van der Waals surface area contributed by atoms with Crippen LogP contribution in [0.25, 0.3) is 0 Å². The molecule has 0 radical (unpaired) electrons. The molecule has 3 aromatic carbocycles. The average Bonchev–Trinajstić information content (AvgIpc) is 2.83. The minimum absolute atomic E-state index is 0.141. The van der Waals surface area contributed by atoms with E-state index in [2.05, 4.69) is 17.4 Å². The van der Waals surface area contributed by atoms with Crippen molar-refractivity contribution in [3.63, 3.8) is 0 Å². The smallest absolute Gasteiger partial charge is 0.242 e. The molecule has 0 spiro atoms. The Balaban J connectivity index is 1.86. The molecule has 4 nitrogen and oxygen atoms in total. The van der Waals surface area contributed by atoms with Gasteiger partial charge in [0.1, 0.15) is 6.04 Å². The maximum Gasteiger partial charge on any atom is 0.242 e. The molecule has 0 saturated heterocycles. The lowest BCUT2D eigenvalue weighted by atomic mass is 10.0. The molecule has 1 N–H and O–H groups in total. The standard InChI is InChI=1S/C27H28Cl2N2O2S/c1-19-8-6-11-21(14-19)17-34-18-26(32)31(16-22-23(28)12-7-13-24(22)29)25(27(33)30-2)15-20-9-4-3-5-10-20/h3-14,25H,15-18H2,1-2H3,(H,30,33)/t25-/m0/s1. The Morgan fingerprint density at radius 3 is 2.24 bits per heavy atom. The number of rotatable bonds is 10. The molecule has 0 bridgehead atoms. The van der Waals surface area contributed by atoms with Crippen molar-refractivity contribution in [1.29, 1.82) is 0 Å². The van der Waals surface area contributed by atoms with Gasteiger partial charge in [0.15, 0.2) is 0 Å². The topological polar surface area (TPSA) is 49.4 Å². The quantitative estimate of drug-likeness (QED) is 0.365. The minimum atomic E-state index is -0.702. The summed E-state index contributed by atoms with van der Waals surface area (Å²) in [6.45, 7) is 2.19. The van der Waals surface area contributed by atoms with E-state index < -0.39 is 6.04 Å². The molecule has 0 fully saturated rings. The van der Waals surface area contributed by atoms with Gasteiger partial charge in [0.25, 0.3) is 0 Å². The number of hydrogen-bond acceptors (Lipinski definition) is 3. The molecule has 2 amide bonds. The van der Waals surface area contributed by atoms with Gasteiger partial charge in [-0.05, 0) is 30.2 Å². The minimum Gasteiger partial charge on any atom is -0.357 e. The lowest BCUT2D eigenvalue weighted by Gasteiger charge is -2.31. The van der Waals surface area contributed by atoms with Crippen LogP contribution in [0, 0.1) is 6.92 Å². The number of aryl methyl sites for hydroxylation is 1. The van der Waals surface area contributed by atoms with Crippen LogP contribution >= 0.6 is 35.0 Å². The van der Waals surface area contributed by atoms with Gasteiger partial charge in [-0.25, -0.2) is 0 Å². The first kappa shape index (κ1) is 26.1. The Kier molecular flexibility index (Phi) is 9.87. The normalized spacial score (nSPS) is 11.6. The fraction of sp³-hybridized carbons (Fsp3) is 0.259. The van der Waals surface area contributed by atoms with Gasteiger partial charge in [-0.2, -0.15) is 0 Å². The second kappa shape index (κ2) is 12.8. The summed E-state index contributed by atoms with van der Waals surface area (Å²) in [7, 11) is 1.58. The van der Waals surface area contributed by atoms with E-state index in [9.17, 15) is 9.59 Å². The maximum atomic E-state index is 13.5. The molecule has 0 heterocycles. The van der Waals surface area contributed by atoms with E-state index in [0.717, 1.165) is 11.1 Å². The summed E-state index contributed by atoms with van der Waals surface area (Å²) < 4.78 is 0. The Labute approximate surface area is 215 Å². The molecule has 0 aliphatic carbocycles. The SMILES string of the molecule is CNC(=O)[C@H](Cc1ccccc1)N(Cc1c(Cl)cccc1Cl)C(=O)CSCc1cccc(C)c1. The van der Waals surface area contributed by atoms with Crippen molar-refractivity contribution < 1.29 is 9.59 Å². The molecule has 0 aromatic heterocycles. The van der Waals surface area contributed by atoms with Crippen LogP contribution in [-0.2, 0) is 28.3 Å². The van der Waals surface area contributed by atoms with E-state index in [4.69, 9.17) is 23.2 Å². The molecule has 34 heavy (non-hydrogen) atoms. The predicted molar refractivity (Wildman–Crippen MR) is 142 cm³/mol. The van der Waals surface area contributed by atoms with Crippen LogP contribution in [0.15, 0.2) is 72.8 Å². The van der Waals surface area contributed by atoms with E-state index in [-0.39, 0.29) is 24.1 Å². The van der Waals surface area contributed by atoms with Gasteiger partial charge in [-0.1, -0.05) is 89.4 Å². The Morgan fingerprint density at radius 2 is 1.59 bits per heavy atom. The fourth-order valence-electron chi connectivity index (χ4n) is 3.72. The first-order valence-corrected chi connectivity index (χ1v) is 12.9. The highest BCUT2D eigenvalue weighted by Gasteiger charge is 2.30. The number of thioether (sulfide) groups is 1. The van der Waals surface area contributed by atoms with Crippen LogP contribution < -0.4 is 5.32 Å². The van der Waals surface area contributed by atoms with Gasteiger partial charge in [-0.3, -0.25) is 9.59 Å². The molecule has 0 aliphatic heterocycles. The number of likely N-dealkylation sites (N-methyl/N-ethyl adjacent to an activating group) is 1. The van der Waals surface area contributed by atoms with Crippen molar-refractivity contribution >= 4 is 46.8 Å². The van der Waals surface area contributed by atoms with Gasteiger partial charge >= 0.3 is 0 Å². The summed E-state index contributed by atoms with van der Waals surface area (Å²) in [6, 6.07) is 22.4. The van der Waals surface area contributed by atoms with Crippen LogP contribution in [0.3, 0.4) is 0 Å². The van der Waals surface area contributed by atoms with Crippen molar-refractivity contribution in [2.24, 2.45) is 0 Å². The number of hydrogen-bond donors (Lipinski definition) is 1. The largest absolute Gasteiger partial charge is 0.357 e. The average molecular weight is 516 g/mol. The highest BCUT2D eigenvalue weighted by atomic mass is 35.5. The van der Waals surface area contributed by atoms with Crippen LogP contribution in [0.4, 0.5) is 0 Å². The van der Waals surface area contributed by atoms with Crippen molar-refractivity contribution in [3.8, 4) is 0 Å². The second-order valence-electron chi connectivity index (χ2n) is 8.02. The third-order valence-corrected chi connectivity index (χ3v) is 7.18. The molecule has 7 heteroatoms. The summed E-state index contributed by atoms with van der Waals surface area (Å²) in [6.07, 6.45) is 0.386. The number of amides is 2. The van der Waals surface area contributed by atoms with Crippen molar-refractivity contribution in [2.45, 2.75) is 31.7 Å². The molecule has 0 unspecified atom stereocenters. The van der Waals surface area contributed by atoms with Gasteiger partial charge in [0.2, 0.25) is 11.8 Å². The first-order valence-electron chi connectivity index (χ1n) is 11.0. The number of carbonyl (C=O) groups is 2. The van der Waals surface area contributed by atoms with E-state index in [1.165, 1.54) is 17.3 Å². The van der Waals surface area contributed by atoms with Gasteiger partial charge < -0.3 is 10.2 Å². The molecular weight excluding hydrogens is 487 g/mol. The second-order valence-corrected chi connectivity index (χ2v) is 9.82. The zero-order valence-electron chi connectivity index (χ0n) is 19.3. The van der Waals surface area contributed by atoms with Crippen molar-refractivity contribution in [1.82, 2.24) is 10.2 Å². The highest BCUT2D eigenvalue weighted by molar-refractivity contribution is 7.99. The van der Waals surface area contributed by atoms with Crippen molar-refractivity contribution in [3.05, 3.63) is 105 Å². The monoisotopic (exact) mass is 514 g/mol. The molecule has 1 atom stereocenters. The number of halogens is 2.